The maximum Gasteiger partial charge on any atom is 0.573 e. The molecule has 0 spiro atoms. The van der Waals surface area contributed by atoms with Crippen LogP contribution in [0.2, 0.25) is 0 Å². The summed E-state index contributed by atoms with van der Waals surface area (Å²) in [5.41, 5.74) is 1.50. The summed E-state index contributed by atoms with van der Waals surface area (Å²) in [6.45, 7) is 0.758. The van der Waals surface area contributed by atoms with Crippen molar-refractivity contribution in [2.75, 3.05) is 19.6 Å². The molecule has 2 N–H and O–H groups in total. The van der Waals surface area contributed by atoms with Gasteiger partial charge in [0.1, 0.15) is 22.9 Å². The van der Waals surface area contributed by atoms with E-state index < -0.39 is 28.4 Å². The van der Waals surface area contributed by atoms with Crippen LogP contribution in [0.5, 0.6) is 5.75 Å². The van der Waals surface area contributed by atoms with Crippen LogP contribution in [0.25, 0.3) is 0 Å². The summed E-state index contributed by atoms with van der Waals surface area (Å²) in [6.07, 6.45) is -2.47. The second kappa shape index (κ2) is 8.92. The van der Waals surface area contributed by atoms with Crippen LogP contribution in [0.1, 0.15) is 16.1 Å². The van der Waals surface area contributed by atoms with E-state index in [1.807, 2.05) is 0 Å². The molecule has 188 valence electrons. The van der Waals surface area contributed by atoms with E-state index in [0.29, 0.717) is 18.7 Å². The lowest BCUT2D eigenvalue weighted by Crippen LogP contribution is -2.33. The van der Waals surface area contributed by atoms with Gasteiger partial charge in [-0.2, -0.15) is 0 Å². The number of carbonyl (C=O) groups excluding carboxylic acids is 2. The molecule has 2 amide bonds. The summed E-state index contributed by atoms with van der Waals surface area (Å²) in [5.74, 6) is -0.859. The van der Waals surface area contributed by atoms with Crippen LogP contribution in [-0.2, 0) is 28.4 Å². The van der Waals surface area contributed by atoms with Gasteiger partial charge in [-0.1, -0.05) is 12.1 Å². The first-order valence-electron chi connectivity index (χ1n) is 10.3. The van der Waals surface area contributed by atoms with Gasteiger partial charge in [0.05, 0.1) is 0 Å². The quantitative estimate of drug-likeness (QED) is 0.652. The average Bonchev–Trinajstić information content (AvgIpc) is 3.44. The van der Waals surface area contributed by atoms with Gasteiger partial charge in [-0.25, -0.2) is 18.4 Å². The van der Waals surface area contributed by atoms with Crippen LogP contribution in [0.4, 0.5) is 18.0 Å². The molecule has 2 aliphatic heterocycles. The fourth-order valence-electron chi connectivity index (χ4n) is 3.96. The predicted molar refractivity (Wildman–Crippen MR) is 114 cm³/mol. The van der Waals surface area contributed by atoms with Crippen molar-refractivity contribution in [3.8, 4) is 5.75 Å². The molecule has 1 aromatic carbocycles. The second-order valence-electron chi connectivity index (χ2n) is 8.20. The van der Waals surface area contributed by atoms with Crippen molar-refractivity contribution in [3.05, 3.63) is 59.6 Å². The van der Waals surface area contributed by atoms with Crippen molar-refractivity contribution in [2.24, 2.45) is 18.1 Å². The smallest absolute Gasteiger partial charge is 0.445 e. The highest BCUT2D eigenvalue weighted by atomic mass is 32.2. The van der Waals surface area contributed by atoms with Crippen molar-refractivity contribution < 1.29 is 40.7 Å². The number of amides is 2. The van der Waals surface area contributed by atoms with Gasteiger partial charge in [0.25, 0.3) is 5.91 Å². The molecule has 10 nitrogen and oxygen atoms in total. The van der Waals surface area contributed by atoms with Gasteiger partial charge >= 0.3 is 12.5 Å². The number of sulfonamides is 1. The Morgan fingerprint density at radius 3 is 2.43 bits per heavy atom. The summed E-state index contributed by atoms with van der Waals surface area (Å²) >= 11 is 0. The van der Waals surface area contributed by atoms with Crippen LogP contribution >= 0.6 is 0 Å². The van der Waals surface area contributed by atoms with Crippen molar-refractivity contribution in [1.29, 1.82) is 0 Å². The van der Waals surface area contributed by atoms with Gasteiger partial charge in [-0.15, -0.1) is 13.2 Å². The number of carbonyl (C=O) groups is 2. The van der Waals surface area contributed by atoms with Gasteiger partial charge in [-0.3, -0.25) is 4.79 Å². The summed E-state index contributed by atoms with van der Waals surface area (Å²) in [5, 5.41) is 5.13. The molecule has 3 heterocycles. The molecular formula is C21H21F3N4O6S. The van der Waals surface area contributed by atoms with Gasteiger partial charge in [-0.05, 0) is 29.3 Å². The predicted octanol–water partition coefficient (Wildman–Crippen LogP) is 2.18. The number of hydrogen-bond acceptors (Lipinski definition) is 6. The van der Waals surface area contributed by atoms with E-state index in [1.165, 1.54) is 38.8 Å². The standard InChI is InChI=1S/C21H21F3N4O6S/c1-26-11-17(35(25,31)32)6-18(26)19(29)27-7-14-9-28(10-15(14)8-27)20(30)33-12-13-2-4-16(5-3-13)34-21(22,23)24/h2-7,11,15H,8-10,12H2,1H3,(H2,25,31,32)/t15-/m0/s1. The Kier molecular flexibility index (Phi) is 6.27. The number of fused-ring (bicyclic) bond motifs is 1. The zero-order valence-electron chi connectivity index (χ0n) is 18.4. The minimum atomic E-state index is -4.79. The van der Waals surface area contributed by atoms with Gasteiger partial charge in [0, 0.05) is 45.0 Å². The Morgan fingerprint density at radius 1 is 1.17 bits per heavy atom. The minimum Gasteiger partial charge on any atom is -0.445 e. The molecule has 0 bridgehead atoms. The lowest BCUT2D eigenvalue weighted by Gasteiger charge is -2.19. The third-order valence-electron chi connectivity index (χ3n) is 5.64. The summed E-state index contributed by atoms with van der Waals surface area (Å²) in [4.78, 5) is 28.1. The molecule has 0 aliphatic carbocycles. The molecule has 0 radical (unpaired) electrons. The highest BCUT2D eigenvalue weighted by Gasteiger charge is 2.38. The Morgan fingerprint density at radius 2 is 1.86 bits per heavy atom. The Balaban J connectivity index is 1.32. The number of primary sulfonamides is 1. The van der Waals surface area contributed by atoms with Crippen LogP contribution in [0.15, 0.2) is 53.2 Å². The first-order chi connectivity index (χ1) is 16.3. The van der Waals surface area contributed by atoms with Crippen LogP contribution in [-0.4, -0.2) is 60.8 Å². The van der Waals surface area contributed by atoms with Crippen molar-refractivity contribution in [3.63, 3.8) is 0 Å². The summed E-state index contributed by atoms with van der Waals surface area (Å²) < 4.78 is 70.2. The van der Waals surface area contributed by atoms with E-state index in [9.17, 15) is 31.2 Å². The molecule has 4 rings (SSSR count). The minimum absolute atomic E-state index is 0.0942. The lowest BCUT2D eigenvalue weighted by atomic mass is 10.1. The fourth-order valence-corrected chi connectivity index (χ4v) is 4.54. The Labute approximate surface area is 198 Å². The number of aryl methyl sites for hydroxylation is 1. The van der Waals surface area contributed by atoms with E-state index in [-0.39, 0.29) is 35.4 Å². The molecule has 1 aromatic heterocycles. The van der Waals surface area contributed by atoms with Gasteiger partial charge in [0.15, 0.2) is 0 Å². The third kappa shape index (κ3) is 5.59. The average molecular weight is 514 g/mol. The number of rotatable bonds is 5. The van der Waals surface area contributed by atoms with E-state index >= 15 is 0 Å². The molecule has 1 fully saturated rings. The number of aromatic nitrogens is 1. The van der Waals surface area contributed by atoms with Crippen LogP contribution < -0.4 is 9.88 Å². The zero-order chi connectivity index (χ0) is 25.5. The molecule has 14 heteroatoms. The van der Waals surface area contributed by atoms with Gasteiger partial charge < -0.3 is 23.8 Å². The first kappa shape index (κ1) is 24.6. The van der Waals surface area contributed by atoms with Crippen LogP contribution in [0, 0.1) is 5.92 Å². The normalized spacial score (nSPS) is 17.9. The number of nitrogens with zero attached hydrogens (tertiary/aromatic N) is 3. The third-order valence-corrected chi connectivity index (χ3v) is 6.52. The Hall–Kier alpha value is -3.52. The number of alkyl halides is 3. The lowest BCUT2D eigenvalue weighted by molar-refractivity contribution is -0.274. The Bertz CT molecular complexity index is 1290. The molecule has 1 saturated heterocycles. The largest absolute Gasteiger partial charge is 0.573 e. The maximum absolute atomic E-state index is 12.9. The SMILES string of the molecule is Cn1cc(S(N)(=O)=O)cc1C(=O)N1C=C2CN(C(=O)OCc3ccc(OC(F)(F)F)cc3)C[C@@H]2C1. The van der Waals surface area contributed by atoms with E-state index in [2.05, 4.69) is 4.74 Å². The van der Waals surface area contributed by atoms with E-state index in [1.54, 1.807) is 13.2 Å². The number of hydrogen-bond donors (Lipinski definition) is 1. The molecule has 1 atom stereocenters. The second-order valence-corrected chi connectivity index (χ2v) is 9.76. The number of halogens is 3. The monoisotopic (exact) mass is 514 g/mol. The molecule has 2 aromatic rings. The van der Waals surface area contributed by atoms with Gasteiger partial charge in [0.2, 0.25) is 10.0 Å². The van der Waals surface area contributed by atoms with Crippen molar-refractivity contribution >= 4 is 22.0 Å². The maximum atomic E-state index is 12.9. The van der Waals surface area contributed by atoms with E-state index in [4.69, 9.17) is 9.88 Å². The molecule has 0 saturated carbocycles. The topological polar surface area (TPSA) is 124 Å². The number of likely N-dealkylation sites (tertiary alicyclic amines) is 1. The van der Waals surface area contributed by atoms with E-state index in [0.717, 1.165) is 17.7 Å². The number of nitrogens with two attached hydrogens (primary N) is 1. The molecule has 2 aliphatic rings. The molecule has 35 heavy (non-hydrogen) atoms. The molecule has 0 unspecified atom stereocenters. The summed E-state index contributed by atoms with van der Waals surface area (Å²) in [6, 6.07) is 6.21. The highest BCUT2D eigenvalue weighted by molar-refractivity contribution is 7.89. The zero-order valence-corrected chi connectivity index (χ0v) is 19.2. The van der Waals surface area contributed by atoms with Crippen LogP contribution in [0.3, 0.4) is 0 Å². The number of benzene rings is 1. The molecular weight excluding hydrogens is 493 g/mol. The van der Waals surface area contributed by atoms with Crippen molar-refractivity contribution in [2.45, 2.75) is 17.9 Å². The fraction of sp³-hybridized carbons (Fsp3) is 0.333. The van der Waals surface area contributed by atoms with Crippen molar-refractivity contribution in [1.82, 2.24) is 14.4 Å². The highest BCUT2D eigenvalue weighted by Crippen LogP contribution is 2.31. The number of ether oxygens (including phenoxy) is 2. The summed E-state index contributed by atoms with van der Waals surface area (Å²) in [7, 11) is -2.40. The first-order valence-corrected chi connectivity index (χ1v) is 11.8.